The van der Waals surface area contributed by atoms with E-state index >= 15 is 0 Å². The molecule has 1 aliphatic heterocycles. The van der Waals surface area contributed by atoms with Crippen molar-refractivity contribution < 1.29 is 0 Å². The molecular formula is C23H27N3. The maximum Gasteiger partial charge on any atom is 0.0695 e. The van der Waals surface area contributed by atoms with Crippen LogP contribution in [0.4, 0.5) is 0 Å². The summed E-state index contributed by atoms with van der Waals surface area (Å²) < 4.78 is 0. The first-order valence-electron chi connectivity index (χ1n) is 9.63. The molecule has 0 spiro atoms. The van der Waals surface area contributed by atoms with Crippen LogP contribution in [0.3, 0.4) is 0 Å². The summed E-state index contributed by atoms with van der Waals surface area (Å²) >= 11 is 0. The number of aryl methyl sites for hydroxylation is 1. The molecule has 0 unspecified atom stereocenters. The highest BCUT2D eigenvalue weighted by Crippen LogP contribution is 2.26. The Balaban J connectivity index is 1.35. The largest absolute Gasteiger partial charge is 0.299 e. The van der Waals surface area contributed by atoms with Crippen molar-refractivity contribution in [2.45, 2.75) is 32.7 Å². The van der Waals surface area contributed by atoms with Crippen LogP contribution in [0.2, 0.25) is 0 Å². The standard InChI is InChI=1S/C23H27N3/c1-18-7-9-21(10-8-18)23-22(16-24-25-23)17-26-13-11-20(12-14-26)15-19-5-3-2-4-6-19/h2-10,16,20H,11-15,17H2,1H3,(H,24,25). The van der Waals surface area contributed by atoms with Crippen LogP contribution >= 0.6 is 0 Å². The van der Waals surface area contributed by atoms with Gasteiger partial charge in [-0.2, -0.15) is 5.10 Å². The monoisotopic (exact) mass is 345 g/mol. The zero-order valence-electron chi connectivity index (χ0n) is 15.5. The van der Waals surface area contributed by atoms with Crippen LogP contribution in [0.5, 0.6) is 0 Å². The Bertz CT molecular complexity index is 812. The topological polar surface area (TPSA) is 31.9 Å². The Kier molecular flexibility index (Phi) is 5.16. The summed E-state index contributed by atoms with van der Waals surface area (Å²) in [5.74, 6) is 0.814. The first-order valence-corrected chi connectivity index (χ1v) is 9.63. The lowest BCUT2D eigenvalue weighted by Gasteiger charge is -2.32. The van der Waals surface area contributed by atoms with E-state index in [0.717, 1.165) is 18.2 Å². The van der Waals surface area contributed by atoms with Gasteiger partial charge in [0.1, 0.15) is 0 Å². The summed E-state index contributed by atoms with van der Waals surface area (Å²) in [6.07, 6.45) is 5.78. The summed E-state index contributed by atoms with van der Waals surface area (Å²) in [5.41, 5.74) is 6.45. The molecule has 2 heterocycles. The molecule has 0 saturated carbocycles. The van der Waals surface area contributed by atoms with Crippen LogP contribution in [0, 0.1) is 12.8 Å². The van der Waals surface area contributed by atoms with Crippen LogP contribution in [0.1, 0.15) is 29.5 Å². The number of H-pyrrole nitrogens is 1. The lowest BCUT2D eigenvalue weighted by Crippen LogP contribution is -2.33. The summed E-state index contributed by atoms with van der Waals surface area (Å²) in [5, 5.41) is 7.50. The van der Waals surface area contributed by atoms with Gasteiger partial charge in [-0.05, 0) is 56.3 Å². The van der Waals surface area contributed by atoms with E-state index in [2.05, 4.69) is 76.6 Å². The molecule has 0 atom stereocenters. The minimum atomic E-state index is 0.814. The summed E-state index contributed by atoms with van der Waals surface area (Å²) in [7, 11) is 0. The first kappa shape index (κ1) is 17.0. The van der Waals surface area contributed by atoms with Crippen molar-refractivity contribution in [3.8, 4) is 11.3 Å². The van der Waals surface area contributed by atoms with E-state index in [1.807, 2.05) is 6.20 Å². The van der Waals surface area contributed by atoms with Crippen molar-refractivity contribution in [1.82, 2.24) is 15.1 Å². The highest BCUT2D eigenvalue weighted by molar-refractivity contribution is 5.62. The van der Waals surface area contributed by atoms with Gasteiger partial charge in [-0.3, -0.25) is 10.00 Å². The summed E-state index contributed by atoms with van der Waals surface area (Å²) in [6.45, 7) is 5.46. The fraction of sp³-hybridized carbons (Fsp3) is 0.348. The summed E-state index contributed by atoms with van der Waals surface area (Å²) in [4.78, 5) is 2.57. The van der Waals surface area contributed by atoms with E-state index < -0.39 is 0 Å². The molecular weight excluding hydrogens is 318 g/mol. The van der Waals surface area contributed by atoms with Crippen molar-refractivity contribution in [1.29, 1.82) is 0 Å². The van der Waals surface area contributed by atoms with Gasteiger partial charge in [0.2, 0.25) is 0 Å². The third kappa shape index (κ3) is 4.05. The second kappa shape index (κ2) is 7.88. The molecule has 1 aromatic heterocycles. The second-order valence-electron chi connectivity index (χ2n) is 7.55. The van der Waals surface area contributed by atoms with Crippen molar-refractivity contribution in [2.24, 2.45) is 5.92 Å². The number of nitrogens with zero attached hydrogens (tertiary/aromatic N) is 2. The fourth-order valence-electron chi connectivity index (χ4n) is 3.94. The lowest BCUT2D eigenvalue weighted by atomic mass is 9.90. The molecule has 3 heteroatoms. The normalized spacial score (nSPS) is 16.0. The molecule has 1 N–H and O–H groups in total. The smallest absolute Gasteiger partial charge is 0.0695 e. The average molecular weight is 345 g/mol. The van der Waals surface area contributed by atoms with E-state index in [4.69, 9.17) is 0 Å². The van der Waals surface area contributed by atoms with Gasteiger partial charge in [0, 0.05) is 12.1 Å². The van der Waals surface area contributed by atoms with E-state index in [-0.39, 0.29) is 0 Å². The van der Waals surface area contributed by atoms with Gasteiger partial charge in [0.05, 0.1) is 11.9 Å². The number of piperidine rings is 1. The third-order valence-electron chi connectivity index (χ3n) is 5.53. The van der Waals surface area contributed by atoms with Crippen LogP contribution in [-0.2, 0) is 13.0 Å². The molecule has 0 amide bonds. The van der Waals surface area contributed by atoms with Crippen molar-refractivity contribution in [3.05, 3.63) is 77.5 Å². The molecule has 3 nitrogen and oxygen atoms in total. The average Bonchev–Trinajstić information content (AvgIpc) is 3.13. The van der Waals surface area contributed by atoms with Gasteiger partial charge in [-0.1, -0.05) is 60.2 Å². The van der Waals surface area contributed by atoms with Crippen LogP contribution < -0.4 is 0 Å². The van der Waals surface area contributed by atoms with E-state index in [9.17, 15) is 0 Å². The predicted molar refractivity (Wildman–Crippen MR) is 107 cm³/mol. The maximum atomic E-state index is 4.31. The molecule has 1 saturated heterocycles. The van der Waals surface area contributed by atoms with E-state index in [1.165, 1.54) is 54.6 Å². The van der Waals surface area contributed by atoms with Gasteiger partial charge in [0.25, 0.3) is 0 Å². The Morgan fingerprint density at radius 1 is 1.00 bits per heavy atom. The van der Waals surface area contributed by atoms with Crippen molar-refractivity contribution >= 4 is 0 Å². The highest BCUT2D eigenvalue weighted by atomic mass is 15.2. The minimum absolute atomic E-state index is 0.814. The second-order valence-corrected chi connectivity index (χ2v) is 7.55. The molecule has 0 radical (unpaired) electrons. The Morgan fingerprint density at radius 3 is 2.46 bits per heavy atom. The molecule has 0 bridgehead atoms. The number of aromatic nitrogens is 2. The van der Waals surface area contributed by atoms with E-state index in [1.54, 1.807) is 0 Å². The SMILES string of the molecule is Cc1ccc(-c2[nH]ncc2CN2CCC(Cc3ccccc3)CC2)cc1. The molecule has 0 aliphatic carbocycles. The number of aromatic amines is 1. The van der Waals surface area contributed by atoms with Gasteiger partial charge in [-0.15, -0.1) is 0 Å². The van der Waals surface area contributed by atoms with Crippen molar-refractivity contribution in [2.75, 3.05) is 13.1 Å². The molecule has 1 fully saturated rings. The van der Waals surface area contributed by atoms with Gasteiger partial charge >= 0.3 is 0 Å². The highest BCUT2D eigenvalue weighted by Gasteiger charge is 2.21. The molecule has 4 rings (SSSR count). The number of rotatable bonds is 5. The zero-order chi connectivity index (χ0) is 17.8. The molecule has 26 heavy (non-hydrogen) atoms. The van der Waals surface area contributed by atoms with Gasteiger partial charge in [0.15, 0.2) is 0 Å². The number of hydrogen-bond donors (Lipinski definition) is 1. The predicted octanol–water partition coefficient (Wildman–Crippen LogP) is 4.84. The molecule has 134 valence electrons. The molecule has 2 aromatic carbocycles. The third-order valence-corrected chi connectivity index (χ3v) is 5.53. The van der Waals surface area contributed by atoms with Crippen LogP contribution in [-0.4, -0.2) is 28.2 Å². The number of likely N-dealkylation sites (tertiary alicyclic amines) is 1. The fourth-order valence-corrected chi connectivity index (χ4v) is 3.94. The zero-order valence-corrected chi connectivity index (χ0v) is 15.5. The van der Waals surface area contributed by atoms with Crippen LogP contribution in [0.25, 0.3) is 11.3 Å². The first-order chi connectivity index (χ1) is 12.8. The van der Waals surface area contributed by atoms with E-state index in [0.29, 0.717) is 0 Å². The van der Waals surface area contributed by atoms with Crippen molar-refractivity contribution in [3.63, 3.8) is 0 Å². The Labute approximate surface area is 156 Å². The minimum Gasteiger partial charge on any atom is -0.299 e. The summed E-state index contributed by atoms with van der Waals surface area (Å²) in [6, 6.07) is 19.6. The number of nitrogens with one attached hydrogen (secondary N) is 1. The Morgan fingerprint density at radius 2 is 1.73 bits per heavy atom. The number of hydrogen-bond acceptors (Lipinski definition) is 2. The Hall–Kier alpha value is -2.39. The van der Waals surface area contributed by atoms with Gasteiger partial charge < -0.3 is 0 Å². The quantitative estimate of drug-likeness (QED) is 0.717. The lowest BCUT2D eigenvalue weighted by molar-refractivity contribution is 0.177. The number of benzene rings is 2. The molecule has 1 aliphatic rings. The maximum absolute atomic E-state index is 4.31. The molecule has 3 aromatic rings. The van der Waals surface area contributed by atoms with Crippen LogP contribution in [0.15, 0.2) is 60.8 Å². The van der Waals surface area contributed by atoms with Gasteiger partial charge in [-0.25, -0.2) is 0 Å².